The van der Waals surface area contributed by atoms with E-state index < -0.39 is 0 Å². The number of ether oxygens (including phenoxy) is 1. The van der Waals surface area contributed by atoms with E-state index in [1.807, 2.05) is 25.1 Å². The zero-order valence-electron chi connectivity index (χ0n) is 10.0. The van der Waals surface area contributed by atoms with Gasteiger partial charge in [-0.1, -0.05) is 31.4 Å². The predicted octanol–water partition coefficient (Wildman–Crippen LogP) is 2.85. The van der Waals surface area contributed by atoms with Crippen molar-refractivity contribution in [3.63, 3.8) is 0 Å². The maximum Gasteiger partial charge on any atom is 0.130 e. The Morgan fingerprint density at radius 1 is 1.38 bits per heavy atom. The maximum absolute atomic E-state index is 7.49. The van der Waals surface area contributed by atoms with E-state index in [2.05, 4.69) is 6.92 Å². The number of hydrogen-bond donors (Lipinski definition) is 2. The van der Waals surface area contributed by atoms with E-state index in [4.69, 9.17) is 15.9 Å². The van der Waals surface area contributed by atoms with Crippen LogP contribution < -0.4 is 10.5 Å². The van der Waals surface area contributed by atoms with Crippen LogP contribution in [0.4, 0.5) is 0 Å². The molecule has 0 saturated carbocycles. The van der Waals surface area contributed by atoms with Crippen LogP contribution in [-0.4, -0.2) is 12.4 Å². The Labute approximate surface area is 97.1 Å². The van der Waals surface area contributed by atoms with E-state index in [0.29, 0.717) is 17.9 Å². The van der Waals surface area contributed by atoms with Crippen LogP contribution in [0, 0.1) is 12.3 Å². The molecule has 0 bridgehead atoms. The first kappa shape index (κ1) is 12.6. The molecular formula is C13H20N2O. The summed E-state index contributed by atoms with van der Waals surface area (Å²) in [4.78, 5) is 0. The van der Waals surface area contributed by atoms with Crippen LogP contribution in [0.3, 0.4) is 0 Å². The van der Waals surface area contributed by atoms with Crippen LogP contribution in [0.5, 0.6) is 5.75 Å². The number of nitrogen functional groups attached to an aromatic ring is 1. The molecule has 0 radical (unpaired) electrons. The molecule has 16 heavy (non-hydrogen) atoms. The van der Waals surface area contributed by atoms with Gasteiger partial charge < -0.3 is 10.5 Å². The van der Waals surface area contributed by atoms with Crippen LogP contribution >= 0.6 is 0 Å². The van der Waals surface area contributed by atoms with Crippen molar-refractivity contribution in [1.82, 2.24) is 0 Å². The second-order valence-electron chi connectivity index (χ2n) is 3.97. The van der Waals surface area contributed by atoms with Gasteiger partial charge in [0, 0.05) is 0 Å². The van der Waals surface area contributed by atoms with Crippen molar-refractivity contribution in [1.29, 1.82) is 5.41 Å². The Hall–Kier alpha value is -1.51. The van der Waals surface area contributed by atoms with Gasteiger partial charge in [0.1, 0.15) is 11.6 Å². The Morgan fingerprint density at radius 3 is 2.75 bits per heavy atom. The molecule has 0 aliphatic heterocycles. The normalized spacial score (nSPS) is 10.1. The first-order valence-corrected chi connectivity index (χ1v) is 5.73. The summed E-state index contributed by atoms with van der Waals surface area (Å²) in [5.74, 6) is 0.781. The van der Waals surface area contributed by atoms with Gasteiger partial charge in [-0.2, -0.15) is 0 Å². The van der Waals surface area contributed by atoms with E-state index >= 15 is 0 Å². The monoisotopic (exact) mass is 220 g/mol. The number of nitrogens with two attached hydrogens (primary N) is 1. The Kier molecular flexibility index (Phi) is 4.83. The SMILES string of the molecule is CCCCCOc1ccc(C)cc1C(=N)N. The highest BCUT2D eigenvalue weighted by molar-refractivity contribution is 5.97. The average molecular weight is 220 g/mol. The molecule has 0 aliphatic rings. The second-order valence-corrected chi connectivity index (χ2v) is 3.97. The molecule has 0 saturated heterocycles. The molecule has 0 aromatic heterocycles. The summed E-state index contributed by atoms with van der Waals surface area (Å²) in [6.07, 6.45) is 3.39. The van der Waals surface area contributed by atoms with Gasteiger partial charge in [-0.25, -0.2) is 0 Å². The average Bonchev–Trinajstić information content (AvgIpc) is 2.26. The predicted molar refractivity (Wildman–Crippen MR) is 67.2 cm³/mol. The number of amidine groups is 1. The Balaban J connectivity index is 2.67. The van der Waals surface area contributed by atoms with Crippen LogP contribution in [-0.2, 0) is 0 Å². The zero-order chi connectivity index (χ0) is 12.0. The lowest BCUT2D eigenvalue weighted by Crippen LogP contribution is -2.13. The van der Waals surface area contributed by atoms with Gasteiger partial charge in [-0.05, 0) is 25.5 Å². The Morgan fingerprint density at radius 2 is 2.12 bits per heavy atom. The Bertz CT molecular complexity index is 361. The number of hydrogen-bond acceptors (Lipinski definition) is 2. The van der Waals surface area contributed by atoms with Crippen LogP contribution in [0.2, 0.25) is 0 Å². The molecule has 3 N–H and O–H groups in total. The summed E-state index contributed by atoms with van der Waals surface area (Å²) in [7, 11) is 0. The lowest BCUT2D eigenvalue weighted by atomic mass is 10.1. The van der Waals surface area contributed by atoms with Gasteiger partial charge in [0.15, 0.2) is 0 Å². The second kappa shape index (κ2) is 6.16. The molecule has 0 spiro atoms. The van der Waals surface area contributed by atoms with E-state index in [1.165, 1.54) is 12.8 Å². The quantitative estimate of drug-likeness (QED) is 0.440. The summed E-state index contributed by atoms with van der Waals surface area (Å²) >= 11 is 0. The lowest BCUT2D eigenvalue weighted by Gasteiger charge is -2.11. The minimum absolute atomic E-state index is 0.0641. The van der Waals surface area contributed by atoms with Crippen LogP contribution in [0.1, 0.15) is 37.3 Å². The third kappa shape index (κ3) is 3.57. The minimum atomic E-state index is 0.0641. The van der Waals surface area contributed by atoms with Crippen molar-refractivity contribution in [3.05, 3.63) is 29.3 Å². The fraction of sp³-hybridized carbons (Fsp3) is 0.462. The van der Waals surface area contributed by atoms with Crippen molar-refractivity contribution in [2.24, 2.45) is 5.73 Å². The highest BCUT2D eigenvalue weighted by atomic mass is 16.5. The van der Waals surface area contributed by atoms with Gasteiger partial charge >= 0.3 is 0 Å². The molecule has 0 fully saturated rings. The molecule has 1 aromatic rings. The molecule has 0 atom stereocenters. The summed E-state index contributed by atoms with van der Waals surface area (Å²) in [5, 5.41) is 7.49. The topological polar surface area (TPSA) is 59.1 Å². The summed E-state index contributed by atoms with van der Waals surface area (Å²) < 4.78 is 5.63. The van der Waals surface area contributed by atoms with Crippen molar-refractivity contribution in [2.45, 2.75) is 33.1 Å². The highest BCUT2D eigenvalue weighted by Gasteiger charge is 2.06. The van der Waals surface area contributed by atoms with Gasteiger partial charge in [0.2, 0.25) is 0 Å². The molecule has 3 nitrogen and oxygen atoms in total. The molecule has 0 aliphatic carbocycles. The lowest BCUT2D eigenvalue weighted by molar-refractivity contribution is 0.305. The van der Waals surface area contributed by atoms with Gasteiger partial charge in [0.05, 0.1) is 12.2 Å². The molecule has 0 unspecified atom stereocenters. The number of nitrogens with one attached hydrogen (secondary N) is 1. The summed E-state index contributed by atoms with van der Waals surface area (Å²) in [5.41, 5.74) is 7.30. The van der Waals surface area contributed by atoms with E-state index in [-0.39, 0.29) is 5.84 Å². The van der Waals surface area contributed by atoms with Crippen molar-refractivity contribution in [2.75, 3.05) is 6.61 Å². The number of rotatable bonds is 6. The number of aryl methyl sites for hydroxylation is 1. The van der Waals surface area contributed by atoms with Gasteiger partial charge in [0.25, 0.3) is 0 Å². The molecule has 0 heterocycles. The van der Waals surface area contributed by atoms with E-state index in [9.17, 15) is 0 Å². The smallest absolute Gasteiger partial charge is 0.130 e. The highest BCUT2D eigenvalue weighted by Crippen LogP contribution is 2.19. The third-order valence-electron chi connectivity index (χ3n) is 2.43. The fourth-order valence-corrected chi connectivity index (χ4v) is 1.51. The van der Waals surface area contributed by atoms with Gasteiger partial charge in [-0.15, -0.1) is 0 Å². The first-order chi connectivity index (χ1) is 7.65. The zero-order valence-corrected chi connectivity index (χ0v) is 10.0. The van der Waals surface area contributed by atoms with Crippen molar-refractivity contribution < 1.29 is 4.74 Å². The van der Waals surface area contributed by atoms with Crippen molar-refractivity contribution >= 4 is 5.84 Å². The molecule has 1 rings (SSSR count). The minimum Gasteiger partial charge on any atom is -0.493 e. The molecule has 1 aromatic carbocycles. The maximum atomic E-state index is 7.49. The summed E-state index contributed by atoms with van der Waals surface area (Å²) in [6.45, 7) is 4.83. The van der Waals surface area contributed by atoms with Gasteiger partial charge in [-0.3, -0.25) is 5.41 Å². The molecule has 88 valence electrons. The third-order valence-corrected chi connectivity index (χ3v) is 2.43. The molecule has 0 amide bonds. The van der Waals surface area contributed by atoms with Crippen molar-refractivity contribution in [3.8, 4) is 5.75 Å². The fourth-order valence-electron chi connectivity index (χ4n) is 1.51. The molecule has 3 heteroatoms. The molecular weight excluding hydrogens is 200 g/mol. The van der Waals surface area contributed by atoms with Crippen LogP contribution in [0.25, 0.3) is 0 Å². The summed E-state index contributed by atoms with van der Waals surface area (Å²) in [6, 6.07) is 5.75. The standard InChI is InChI=1S/C13H20N2O/c1-3-4-5-8-16-12-7-6-10(2)9-11(12)13(14)15/h6-7,9H,3-5,8H2,1-2H3,(H3,14,15). The first-order valence-electron chi connectivity index (χ1n) is 5.73. The number of unbranched alkanes of at least 4 members (excludes halogenated alkanes) is 2. The van der Waals surface area contributed by atoms with E-state index in [1.54, 1.807) is 0 Å². The largest absolute Gasteiger partial charge is 0.493 e. The van der Waals surface area contributed by atoms with Crippen LogP contribution in [0.15, 0.2) is 18.2 Å². The van der Waals surface area contributed by atoms with E-state index in [0.717, 1.165) is 12.0 Å². The number of benzene rings is 1.